The number of nitrogens with one attached hydrogen (secondary N) is 2. The molecule has 2 saturated heterocycles. The van der Waals surface area contributed by atoms with E-state index in [0.717, 1.165) is 25.9 Å². The molecular formula is C18H21N3O2. The van der Waals surface area contributed by atoms with Gasteiger partial charge in [0.05, 0.1) is 0 Å². The SMILES string of the molecule is O=C1CCC(C(=O)N2CCC(c3cc4ccccc4[nH]3)CC2)N1. The highest BCUT2D eigenvalue weighted by atomic mass is 16.2. The second-order valence-corrected chi connectivity index (χ2v) is 6.57. The second-order valence-electron chi connectivity index (χ2n) is 6.57. The maximum atomic E-state index is 12.4. The average Bonchev–Trinajstić information content (AvgIpc) is 3.20. The number of piperidine rings is 1. The van der Waals surface area contributed by atoms with Crippen LogP contribution in [0.25, 0.3) is 10.9 Å². The molecule has 0 spiro atoms. The lowest BCUT2D eigenvalue weighted by atomic mass is 9.93. The van der Waals surface area contributed by atoms with Gasteiger partial charge in [0.2, 0.25) is 11.8 Å². The summed E-state index contributed by atoms with van der Waals surface area (Å²) in [5.74, 6) is 0.562. The minimum absolute atomic E-state index is 0.00342. The molecule has 1 aromatic carbocycles. The monoisotopic (exact) mass is 311 g/mol. The first-order valence-electron chi connectivity index (χ1n) is 8.36. The lowest BCUT2D eigenvalue weighted by Gasteiger charge is -2.33. The predicted octanol–water partition coefficient (Wildman–Crippen LogP) is 2.15. The maximum absolute atomic E-state index is 12.4. The molecule has 2 aliphatic heterocycles. The Labute approximate surface area is 135 Å². The summed E-state index contributed by atoms with van der Waals surface area (Å²) < 4.78 is 0. The average molecular weight is 311 g/mol. The van der Waals surface area contributed by atoms with Gasteiger partial charge in [-0.2, -0.15) is 0 Å². The van der Waals surface area contributed by atoms with Crippen molar-refractivity contribution in [2.24, 2.45) is 0 Å². The summed E-state index contributed by atoms with van der Waals surface area (Å²) in [6, 6.07) is 10.2. The van der Waals surface area contributed by atoms with E-state index in [2.05, 4.69) is 34.6 Å². The number of hydrogen-bond donors (Lipinski definition) is 2. The number of fused-ring (bicyclic) bond motifs is 1. The molecule has 0 bridgehead atoms. The summed E-state index contributed by atoms with van der Waals surface area (Å²) >= 11 is 0. The highest BCUT2D eigenvalue weighted by Gasteiger charge is 2.33. The van der Waals surface area contributed by atoms with Crippen LogP contribution in [0.3, 0.4) is 0 Å². The summed E-state index contributed by atoms with van der Waals surface area (Å²) in [4.78, 5) is 29.1. The number of para-hydroxylation sites is 1. The van der Waals surface area contributed by atoms with Gasteiger partial charge in [0.15, 0.2) is 0 Å². The largest absolute Gasteiger partial charge is 0.358 e. The zero-order chi connectivity index (χ0) is 15.8. The molecule has 2 fully saturated rings. The van der Waals surface area contributed by atoms with Crippen LogP contribution in [-0.2, 0) is 9.59 Å². The quantitative estimate of drug-likeness (QED) is 0.892. The molecule has 0 aliphatic carbocycles. The number of amides is 2. The summed E-state index contributed by atoms with van der Waals surface area (Å²) in [7, 11) is 0. The fourth-order valence-corrected chi connectivity index (χ4v) is 3.75. The van der Waals surface area contributed by atoms with Crippen molar-refractivity contribution in [1.82, 2.24) is 15.2 Å². The van der Waals surface area contributed by atoms with Crippen LogP contribution in [0.2, 0.25) is 0 Å². The van der Waals surface area contributed by atoms with E-state index in [-0.39, 0.29) is 17.9 Å². The van der Waals surface area contributed by atoms with Crippen molar-refractivity contribution in [3.8, 4) is 0 Å². The Morgan fingerprint density at radius 3 is 2.61 bits per heavy atom. The van der Waals surface area contributed by atoms with E-state index in [0.29, 0.717) is 18.8 Å². The minimum atomic E-state index is -0.299. The van der Waals surface area contributed by atoms with E-state index >= 15 is 0 Å². The number of rotatable bonds is 2. The smallest absolute Gasteiger partial charge is 0.245 e. The zero-order valence-corrected chi connectivity index (χ0v) is 13.0. The van der Waals surface area contributed by atoms with Crippen molar-refractivity contribution in [2.75, 3.05) is 13.1 Å². The van der Waals surface area contributed by atoms with Gasteiger partial charge in [0, 0.05) is 36.6 Å². The number of nitrogens with zero attached hydrogens (tertiary/aromatic N) is 1. The molecule has 0 saturated carbocycles. The van der Waals surface area contributed by atoms with Crippen LogP contribution in [0.5, 0.6) is 0 Å². The highest BCUT2D eigenvalue weighted by molar-refractivity contribution is 5.90. The molecule has 4 rings (SSSR count). The van der Waals surface area contributed by atoms with Crippen molar-refractivity contribution >= 4 is 22.7 Å². The third-order valence-corrected chi connectivity index (χ3v) is 5.09. The normalized spacial score (nSPS) is 22.5. The van der Waals surface area contributed by atoms with E-state index in [1.54, 1.807) is 0 Å². The van der Waals surface area contributed by atoms with E-state index in [1.165, 1.54) is 16.6 Å². The van der Waals surface area contributed by atoms with Gasteiger partial charge >= 0.3 is 0 Å². The Balaban J connectivity index is 1.40. The first-order chi connectivity index (χ1) is 11.2. The topological polar surface area (TPSA) is 65.2 Å². The Morgan fingerprint density at radius 1 is 1.13 bits per heavy atom. The van der Waals surface area contributed by atoms with E-state index in [1.807, 2.05) is 11.0 Å². The van der Waals surface area contributed by atoms with Crippen LogP contribution >= 0.6 is 0 Å². The first-order valence-corrected chi connectivity index (χ1v) is 8.36. The number of carbonyl (C=O) groups is 2. The van der Waals surface area contributed by atoms with Gasteiger partial charge in [-0.3, -0.25) is 9.59 Å². The van der Waals surface area contributed by atoms with Crippen LogP contribution in [0, 0.1) is 0 Å². The number of H-pyrrole nitrogens is 1. The molecule has 2 N–H and O–H groups in total. The zero-order valence-electron chi connectivity index (χ0n) is 13.0. The van der Waals surface area contributed by atoms with E-state index in [4.69, 9.17) is 0 Å². The van der Waals surface area contributed by atoms with Crippen molar-refractivity contribution in [3.63, 3.8) is 0 Å². The van der Waals surface area contributed by atoms with Gasteiger partial charge in [0.1, 0.15) is 6.04 Å². The fraction of sp³-hybridized carbons (Fsp3) is 0.444. The molecule has 1 atom stereocenters. The molecule has 1 unspecified atom stereocenters. The molecule has 5 nitrogen and oxygen atoms in total. The van der Waals surface area contributed by atoms with Gasteiger partial charge < -0.3 is 15.2 Å². The van der Waals surface area contributed by atoms with Crippen LogP contribution in [0.1, 0.15) is 37.3 Å². The molecule has 5 heteroatoms. The van der Waals surface area contributed by atoms with Crippen LogP contribution in [0.15, 0.2) is 30.3 Å². The van der Waals surface area contributed by atoms with Gasteiger partial charge in [-0.25, -0.2) is 0 Å². The number of hydrogen-bond acceptors (Lipinski definition) is 2. The number of benzene rings is 1. The molecule has 2 aromatic rings. The minimum Gasteiger partial charge on any atom is -0.358 e. The summed E-state index contributed by atoms with van der Waals surface area (Å²) in [6.07, 6.45) is 3.06. The molecule has 23 heavy (non-hydrogen) atoms. The van der Waals surface area contributed by atoms with Crippen molar-refractivity contribution in [3.05, 3.63) is 36.0 Å². The molecule has 1 aromatic heterocycles. The second kappa shape index (κ2) is 5.72. The van der Waals surface area contributed by atoms with Gasteiger partial charge in [-0.1, -0.05) is 18.2 Å². The molecule has 2 aliphatic rings. The number of carbonyl (C=O) groups excluding carboxylic acids is 2. The molecule has 3 heterocycles. The van der Waals surface area contributed by atoms with Crippen LogP contribution < -0.4 is 5.32 Å². The summed E-state index contributed by atoms with van der Waals surface area (Å²) in [5, 5.41) is 4.02. The van der Waals surface area contributed by atoms with Crippen molar-refractivity contribution < 1.29 is 9.59 Å². The predicted molar refractivity (Wildman–Crippen MR) is 88.0 cm³/mol. The Morgan fingerprint density at radius 2 is 1.91 bits per heavy atom. The fourth-order valence-electron chi connectivity index (χ4n) is 3.75. The standard InChI is InChI=1S/C18H21N3O2/c22-17-6-5-15(20-17)18(23)21-9-7-12(8-10-21)16-11-13-3-1-2-4-14(13)19-16/h1-4,11-12,15,19H,5-10H2,(H,20,22). The van der Waals surface area contributed by atoms with Gasteiger partial charge in [-0.05, 0) is 36.8 Å². The third-order valence-electron chi connectivity index (χ3n) is 5.09. The Kier molecular flexibility index (Phi) is 3.56. The lowest BCUT2D eigenvalue weighted by molar-refractivity contribution is -0.135. The molecular weight excluding hydrogens is 290 g/mol. The van der Waals surface area contributed by atoms with Crippen molar-refractivity contribution in [2.45, 2.75) is 37.6 Å². The van der Waals surface area contributed by atoms with Gasteiger partial charge in [-0.15, -0.1) is 0 Å². The lowest BCUT2D eigenvalue weighted by Crippen LogP contribution is -2.47. The Hall–Kier alpha value is -2.30. The number of aromatic nitrogens is 1. The molecule has 0 radical (unpaired) electrons. The van der Waals surface area contributed by atoms with Crippen molar-refractivity contribution in [1.29, 1.82) is 0 Å². The molecule has 120 valence electrons. The summed E-state index contributed by atoms with van der Waals surface area (Å²) in [5.41, 5.74) is 2.45. The summed E-state index contributed by atoms with van der Waals surface area (Å²) in [6.45, 7) is 1.54. The highest BCUT2D eigenvalue weighted by Crippen LogP contribution is 2.30. The molecule has 2 amide bonds. The maximum Gasteiger partial charge on any atom is 0.245 e. The van der Waals surface area contributed by atoms with Gasteiger partial charge in [0.25, 0.3) is 0 Å². The van der Waals surface area contributed by atoms with Crippen LogP contribution in [0.4, 0.5) is 0 Å². The van der Waals surface area contributed by atoms with E-state index in [9.17, 15) is 9.59 Å². The third kappa shape index (κ3) is 2.71. The number of likely N-dealkylation sites (tertiary alicyclic amines) is 1. The van der Waals surface area contributed by atoms with Crippen LogP contribution in [-0.4, -0.2) is 40.8 Å². The Bertz CT molecular complexity index is 711. The first kappa shape index (κ1) is 14.3. The van der Waals surface area contributed by atoms with E-state index < -0.39 is 0 Å². The number of aromatic amines is 1.